The molecule has 0 amide bonds. The molecule has 43 heavy (non-hydrogen) atoms. The van der Waals surface area contributed by atoms with E-state index in [-0.39, 0.29) is 11.9 Å². The summed E-state index contributed by atoms with van der Waals surface area (Å²) in [5.74, 6) is -0.774. The molecule has 224 valence electrons. The number of imidazole rings is 1. The summed E-state index contributed by atoms with van der Waals surface area (Å²) in [6.45, 7) is 5.38. The Balaban J connectivity index is 1.56. The summed E-state index contributed by atoms with van der Waals surface area (Å²) in [6.07, 6.45) is 10.9. The van der Waals surface area contributed by atoms with Gasteiger partial charge in [0.05, 0.1) is 25.0 Å². The molecule has 1 aliphatic rings. The molecule has 3 N–H and O–H groups in total. The Bertz CT molecular complexity index is 1600. The molecular weight excluding hydrogens is 597 g/mol. The Hall–Kier alpha value is -4.21. The van der Waals surface area contributed by atoms with E-state index in [4.69, 9.17) is 39.1 Å². The largest absolute Gasteiger partial charge is 0.479 e. The number of allylic oxidation sites excluding steroid dienone is 3. The first-order valence-electron chi connectivity index (χ1n) is 13.1. The van der Waals surface area contributed by atoms with E-state index < -0.39 is 42.2 Å². The first kappa shape index (κ1) is 31.7. The summed E-state index contributed by atoms with van der Waals surface area (Å²) in [5.41, 5.74) is -0.469. The number of terminal acetylenes is 1. The van der Waals surface area contributed by atoms with Crippen LogP contribution in [0.2, 0.25) is 5.28 Å². The lowest BCUT2D eigenvalue weighted by atomic mass is 9.94. The maximum Gasteiger partial charge on any atom is 0.348 e. The summed E-state index contributed by atoms with van der Waals surface area (Å²) in [7, 11) is 0. The first-order valence-corrected chi connectivity index (χ1v) is 13.9. The van der Waals surface area contributed by atoms with E-state index in [0.29, 0.717) is 40.5 Å². The molecule has 13 heteroatoms. The van der Waals surface area contributed by atoms with Crippen molar-refractivity contribution in [1.82, 2.24) is 19.5 Å². The third-order valence-corrected chi connectivity index (χ3v) is 7.37. The highest BCUT2D eigenvalue weighted by Gasteiger charge is 2.50. The monoisotopic (exact) mass is 625 g/mol. The highest BCUT2D eigenvalue weighted by Crippen LogP contribution is 2.36. The molecule has 4 rings (SSSR count). The summed E-state index contributed by atoms with van der Waals surface area (Å²) in [4.78, 5) is 37.5. The first-order chi connectivity index (χ1) is 20.6. The molecule has 3 heterocycles. The fraction of sp³-hybridized carbons (Fsp3) is 0.300. The number of fused-ring (bicyclic) bond motifs is 1. The maximum atomic E-state index is 12.2. The number of carboxylic acid groups (broad SMARTS) is 2. The quantitative estimate of drug-likeness (QED) is 0.104. The van der Waals surface area contributed by atoms with Crippen LogP contribution in [0.5, 0.6) is 0 Å². The van der Waals surface area contributed by atoms with Gasteiger partial charge in [-0.2, -0.15) is 9.97 Å². The van der Waals surface area contributed by atoms with Crippen LogP contribution in [0.15, 0.2) is 72.1 Å². The van der Waals surface area contributed by atoms with Crippen LogP contribution in [0.25, 0.3) is 11.2 Å². The van der Waals surface area contributed by atoms with Crippen molar-refractivity contribution in [2.45, 2.75) is 37.7 Å². The van der Waals surface area contributed by atoms with Crippen LogP contribution in [0.1, 0.15) is 25.1 Å². The van der Waals surface area contributed by atoms with E-state index in [1.807, 2.05) is 6.08 Å². The SMILES string of the molecule is C#CC1CC(n2cnc3c(NCC(/C=C\C=C)=C(/C)Cl)nc(Cl)nc32)OC1COC(Cc1ccccc1)(C(=O)O)C(=O)O. The van der Waals surface area contributed by atoms with Gasteiger partial charge >= 0.3 is 11.9 Å². The molecule has 3 atom stereocenters. The predicted octanol–water partition coefficient (Wildman–Crippen LogP) is 4.85. The molecule has 1 saturated heterocycles. The Morgan fingerprint density at radius 3 is 2.65 bits per heavy atom. The average Bonchev–Trinajstić information content (AvgIpc) is 3.59. The third kappa shape index (κ3) is 7.06. The molecular formula is C30H29Cl2N5O6. The number of aliphatic carboxylic acids is 2. The van der Waals surface area contributed by atoms with Crippen LogP contribution in [0.4, 0.5) is 5.82 Å². The number of nitrogens with one attached hydrogen (secondary N) is 1. The number of hydrogen-bond donors (Lipinski definition) is 3. The van der Waals surface area contributed by atoms with E-state index in [1.165, 1.54) is 6.33 Å². The van der Waals surface area contributed by atoms with Gasteiger partial charge in [-0.15, -0.1) is 12.3 Å². The minimum Gasteiger partial charge on any atom is -0.479 e. The van der Waals surface area contributed by atoms with Gasteiger partial charge in [-0.25, -0.2) is 14.6 Å². The molecule has 3 aromatic rings. The van der Waals surface area contributed by atoms with Crippen LogP contribution >= 0.6 is 23.2 Å². The maximum absolute atomic E-state index is 12.2. The number of carbonyl (C=O) groups is 2. The van der Waals surface area contributed by atoms with Gasteiger partial charge in [0.2, 0.25) is 5.28 Å². The lowest BCUT2D eigenvalue weighted by Crippen LogP contribution is -2.52. The van der Waals surface area contributed by atoms with Crippen LogP contribution in [-0.4, -0.2) is 66.5 Å². The fourth-order valence-electron chi connectivity index (χ4n) is 4.64. The van der Waals surface area contributed by atoms with Gasteiger partial charge in [0, 0.05) is 24.4 Å². The van der Waals surface area contributed by atoms with Gasteiger partial charge in [-0.05, 0) is 29.7 Å². The zero-order chi connectivity index (χ0) is 31.1. The molecule has 0 spiro atoms. The Labute approximate surface area is 257 Å². The van der Waals surface area contributed by atoms with Crippen molar-refractivity contribution in [1.29, 1.82) is 0 Å². The Kier molecular flexibility index (Phi) is 10.2. The second-order valence-corrected chi connectivity index (χ2v) is 10.6. The normalized spacial score (nSPS) is 19.3. The highest BCUT2D eigenvalue weighted by molar-refractivity contribution is 6.30. The topological polar surface area (TPSA) is 149 Å². The van der Waals surface area contributed by atoms with Crippen LogP contribution in [-0.2, 0) is 25.5 Å². The number of aromatic nitrogens is 4. The molecule has 1 aliphatic heterocycles. The number of benzene rings is 1. The molecule has 0 radical (unpaired) electrons. The number of ether oxygens (including phenoxy) is 2. The van der Waals surface area contributed by atoms with Crippen LogP contribution in [0.3, 0.4) is 0 Å². The number of anilines is 1. The van der Waals surface area contributed by atoms with Gasteiger partial charge in [0.25, 0.3) is 5.60 Å². The highest BCUT2D eigenvalue weighted by atomic mass is 35.5. The number of nitrogens with zero attached hydrogens (tertiary/aromatic N) is 4. The van der Waals surface area contributed by atoms with E-state index in [9.17, 15) is 19.8 Å². The van der Waals surface area contributed by atoms with Crippen LogP contribution in [0, 0.1) is 18.3 Å². The summed E-state index contributed by atoms with van der Waals surface area (Å²) >= 11 is 12.5. The van der Waals surface area contributed by atoms with Crippen molar-refractivity contribution in [3.8, 4) is 12.3 Å². The van der Waals surface area contributed by atoms with Crippen molar-refractivity contribution in [2.24, 2.45) is 5.92 Å². The zero-order valence-electron chi connectivity index (χ0n) is 23.1. The third-order valence-electron chi connectivity index (χ3n) is 6.96. The summed E-state index contributed by atoms with van der Waals surface area (Å²) < 4.78 is 13.5. The lowest BCUT2D eigenvalue weighted by Gasteiger charge is -2.27. The van der Waals surface area contributed by atoms with E-state index in [1.54, 1.807) is 54.0 Å². The zero-order valence-corrected chi connectivity index (χ0v) is 24.6. The Morgan fingerprint density at radius 2 is 2.02 bits per heavy atom. The number of carboxylic acids is 2. The molecule has 0 bridgehead atoms. The van der Waals surface area contributed by atoms with Gasteiger partial charge in [-0.3, -0.25) is 4.57 Å². The average molecular weight is 626 g/mol. The smallest absolute Gasteiger partial charge is 0.348 e. The molecule has 0 aliphatic carbocycles. The van der Waals surface area contributed by atoms with Gasteiger partial charge in [0.15, 0.2) is 17.0 Å². The minimum absolute atomic E-state index is 0.0356. The fourth-order valence-corrected chi connectivity index (χ4v) is 4.93. The molecule has 2 aromatic heterocycles. The van der Waals surface area contributed by atoms with Crippen molar-refractivity contribution in [2.75, 3.05) is 18.5 Å². The number of hydrogen-bond acceptors (Lipinski definition) is 8. The molecule has 1 aromatic carbocycles. The van der Waals surface area contributed by atoms with E-state index in [0.717, 1.165) is 5.57 Å². The lowest BCUT2D eigenvalue weighted by molar-refractivity contribution is -0.188. The van der Waals surface area contributed by atoms with Gasteiger partial charge < -0.3 is 25.0 Å². The Morgan fingerprint density at radius 1 is 1.30 bits per heavy atom. The van der Waals surface area contributed by atoms with Crippen molar-refractivity contribution >= 4 is 52.1 Å². The van der Waals surface area contributed by atoms with Crippen molar-refractivity contribution < 1.29 is 29.3 Å². The number of rotatable bonds is 13. The van der Waals surface area contributed by atoms with E-state index >= 15 is 0 Å². The second-order valence-electron chi connectivity index (χ2n) is 9.72. The van der Waals surface area contributed by atoms with Gasteiger partial charge in [0.1, 0.15) is 6.23 Å². The minimum atomic E-state index is -2.54. The molecule has 1 fully saturated rings. The van der Waals surface area contributed by atoms with Crippen molar-refractivity contribution in [3.63, 3.8) is 0 Å². The molecule has 3 unspecified atom stereocenters. The molecule has 0 saturated carbocycles. The summed E-state index contributed by atoms with van der Waals surface area (Å²) in [5, 5.41) is 23.6. The standard InChI is InChI=1S/C30H29Cl2N5O6/c1-4-6-12-21(18(3)31)15-33-25-24-26(36-29(32)35-25)37(17-34-24)23-13-20(5-2)22(43-23)16-42-30(27(38)39,28(40)41)14-19-10-8-7-9-11-19/h2,4,6-12,17,20,22-23H,1,13-16H2,3H3,(H,38,39)(H,40,41)(H,33,35,36)/b12-6-,21-18-. The summed E-state index contributed by atoms with van der Waals surface area (Å²) in [6, 6.07) is 8.36. The van der Waals surface area contributed by atoms with Crippen LogP contribution < -0.4 is 5.32 Å². The molecule has 11 nitrogen and oxygen atoms in total. The second kappa shape index (κ2) is 13.8. The predicted molar refractivity (Wildman–Crippen MR) is 162 cm³/mol. The number of halogens is 2. The van der Waals surface area contributed by atoms with E-state index in [2.05, 4.69) is 32.8 Å². The van der Waals surface area contributed by atoms with Crippen molar-refractivity contribution in [3.05, 3.63) is 82.9 Å². The van der Waals surface area contributed by atoms with Gasteiger partial charge in [-0.1, -0.05) is 66.7 Å².